The van der Waals surface area contributed by atoms with Gasteiger partial charge in [-0.25, -0.2) is 17.9 Å². The molecule has 6 heterocycles. The molecular weight excluding hydrogens is 635 g/mol. The lowest BCUT2D eigenvalue weighted by atomic mass is 9.94. The molecule has 0 spiro atoms. The van der Waals surface area contributed by atoms with Crippen molar-refractivity contribution in [3.8, 4) is 23.0 Å². The Kier molecular flexibility index (Phi) is 7.69. The molecule has 3 aliphatic heterocycles. The van der Waals surface area contributed by atoms with Crippen LogP contribution in [-0.2, 0) is 6.42 Å². The maximum absolute atomic E-state index is 16.8. The quantitative estimate of drug-likeness (QED) is 0.212. The third kappa shape index (κ3) is 5.44. The van der Waals surface area contributed by atoms with Gasteiger partial charge in [-0.1, -0.05) is 13.0 Å². The van der Waals surface area contributed by atoms with Gasteiger partial charge in [0.05, 0.1) is 16.6 Å². The second-order valence-electron chi connectivity index (χ2n) is 13.6. The second-order valence-corrected chi connectivity index (χ2v) is 13.6. The Labute approximate surface area is 280 Å². The van der Waals surface area contributed by atoms with E-state index in [1.807, 2.05) is 18.7 Å². The zero-order valence-corrected chi connectivity index (χ0v) is 27.3. The number of benzene rings is 2. The largest absolute Gasteiger partial charge is 0.508 e. The molecule has 0 radical (unpaired) electrons. The van der Waals surface area contributed by atoms with Crippen molar-refractivity contribution >= 4 is 33.4 Å². The van der Waals surface area contributed by atoms with Gasteiger partial charge >= 0.3 is 6.01 Å². The predicted octanol–water partition coefficient (Wildman–Crippen LogP) is 6.02. The molecule has 3 fully saturated rings. The van der Waals surface area contributed by atoms with Crippen molar-refractivity contribution in [3.05, 3.63) is 65.6 Å². The predicted molar refractivity (Wildman–Crippen MR) is 178 cm³/mol. The minimum atomic E-state index is -0.940. The van der Waals surface area contributed by atoms with Crippen LogP contribution in [-0.4, -0.2) is 85.1 Å². The molecule has 2 atom stereocenters. The number of alkyl halides is 1. The summed E-state index contributed by atoms with van der Waals surface area (Å²) >= 11 is 0. The van der Waals surface area contributed by atoms with Crippen LogP contribution < -0.4 is 9.64 Å². The number of phenolic OH excluding ortho intramolecular Hbond substituents is 1. The van der Waals surface area contributed by atoms with Crippen LogP contribution >= 0.6 is 0 Å². The monoisotopic (exact) mass is 671 g/mol. The second kappa shape index (κ2) is 12.0. The molecule has 1 N–H and O–H groups in total. The maximum Gasteiger partial charge on any atom is 0.319 e. The van der Waals surface area contributed by atoms with Crippen molar-refractivity contribution in [3.63, 3.8) is 0 Å². The molecule has 0 saturated carbocycles. The van der Waals surface area contributed by atoms with Gasteiger partial charge in [0, 0.05) is 56.4 Å². The number of carbonyl (C=O) groups is 1. The standard InChI is InChI=1S/C36H36F3N7O3/c1-3-25-28(38)6-5-22-12-24(47)13-26(30(22)25)32-31(39)33-27(15-40-32)34(44-16-21(17-44)11-29(48)46-10-7-20(2)43-46)42-35(41-33)49-19-36-8-4-9-45(36)18-23(37)14-36/h5-7,10,12-13,15,21,23,47H,3-4,8-9,11,14,16-19H2,1-2H3/t23-,36+/m1/s1. The Hall–Kier alpha value is -4.78. The number of rotatable bonds is 8. The van der Waals surface area contributed by atoms with Crippen LogP contribution in [0.25, 0.3) is 32.9 Å². The summed E-state index contributed by atoms with van der Waals surface area (Å²) in [6.07, 6.45) is 4.90. The van der Waals surface area contributed by atoms with Crippen LogP contribution in [0.3, 0.4) is 0 Å². The van der Waals surface area contributed by atoms with Crippen molar-refractivity contribution in [1.82, 2.24) is 29.6 Å². The zero-order valence-electron chi connectivity index (χ0n) is 27.3. The minimum absolute atomic E-state index is 0.0235. The van der Waals surface area contributed by atoms with Gasteiger partial charge in [0.2, 0.25) is 5.91 Å². The first kappa shape index (κ1) is 31.5. The van der Waals surface area contributed by atoms with Crippen molar-refractivity contribution in [2.75, 3.05) is 37.7 Å². The highest BCUT2D eigenvalue weighted by Gasteiger charge is 2.49. The van der Waals surface area contributed by atoms with Gasteiger partial charge in [-0.2, -0.15) is 15.1 Å². The molecule has 5 aromatic rings. The fourth-order valence-corrected chi connectivity index (χ4v) is 7.96. The van der Waals surface area contributed by atoms with Crippen molar-refractivity contribution in [1.29, 1.82) is 0 Å². The Balaban J connectivity index is 1.18. The van der Waals surface area contributed by atoms with Gasteiger partial charge < -0.3 is 14.7 Å². The topological polar surface area (TPSA) is 110 Å². The summed E-state index contributed by atoms with van der Waals surface area (Å²) in [5.74, 6) is -0.991. The van der Waals surface area contributed by atoms with E-state index in [4.69, 9.17) is 9.72 Å². The highest BCUT2D eigenvalue weighted by Crippen LogP contribution is 2.42. The van der Waals surface area contributed by atoms with Crippen molar-refractivity contribution < 1.29 is 27.8 Å². The molecule has 0 aliphatic carbocycles. The molecule has 13 heteroatoms. The van der Waals surface area contributed by atoms with Crippen molar-refractivity contribution in [2.24, 2.45) is 5.92 Å². The fraction of sp³-hybridized carbons (Fsp3) is 0.417. The number of anilines is 1. The summed E-state index contributed by atoms with van der Waals surface area (Å²) in [4.78, 5) is 30.6. The van der Waals surface area contributed by atoms with Crippen LogP contribution in [0.2, 0.25) is 0 Å². The molecule has 0 bridgehead atoms. The number of halogens is 3. The number of fused-ring (bicyclic) bond motifs is 3. The van der Waals surface area contributed by atoms with Gasteiger partial charge in [0.1, 0.15) is 41.4 Å². The fourth-order valence-electron chi connectivity index (χ4n) is 7.96. The maximum atomic E-state index is 16.8. The van der Waals surface area contributed by atoms with E-state index in [2.05, 4.69) is 20.0 Å². The number of aromatic hydroxyl groups is 1. The first-order chi connectivity index (χ1) is 23.6. The van der Waals surface area contributed by atoms with E-state index in [1.54, 1.807) is 18.3 Å². The molecular formula is C36H36F3N7O3. The van der Waals surface area contributed by atoms with E-state index in [0.717, 1.165) is 25.1 Å². The average molecular weight is 672 g/mol. The smallest absolute Gasteiger partial charge is 0.319 e. The highest BCUT2D eigenvalue weighted by atomic mass is 19.1. The van der Waals surface area contributed by atoms with Crippen LogP contribution in [0.4, 0.5) is 19.0 Å². The average Bonchev–Trinajstić information content (AvgIpc) is 3.75. The van der Waals surface area contributed by atoms with Crippen LogP contribution in [0, 0.1) is 24.5 Å². The zero-order chi connectivity index (χ0) is 34.0. The van der Waals surface area contributed by atoms with Gasteiger partial charge in [-0.05, 0) is 73.3 Å². The Morgan fingerprint density at radius 1 is 1.14 bits per heavy atom. The lowest BCUT2D eigenvalue weighted by Gasteiger charge is -2.40. The molecule has 0 unspecified atom stereocenters. The normalized spacial score (nSPS) is 21.1. The summed E-state index contributed by atoms with van der Waals surface area (Å²) in [5, 5.41) is 16.2. The number of carbonyl (C=O) groups excluding carboxylic acids is 1. The minimum Gasteiger partial charge on any atom is -0.508 e. The summed E-state index contributed by atoms with van der Waals surface area (Å²) in [6.45, 7) is 5.92. The summed E-state index contributed by atoms with van der Waals surface area (Å²) < 4.78 is 53.9. The number of hydrogen-bond donors (Lipinski definition) is 1. The lowest BCUT2D eigenvalue weighted by Crippen LogP contribution is -2.48. The molecule has 49 heavy (non-hydrogen) atoms. The molecule has 10 nitrogen and oxygen atoms in total. The first-order valence-corrected chi connectivity index (χ1v) is 16.8. The highest BCUT2D eigenvalue weighted by molar-refractivity contribution is 6.01. The van der Waals surface area contributed by atoms with E-state index in [-0.39, 0.29) is 53.4 Å². The van der Waals surface area contributed by atoms with Crippen molar-refractivity contribution in [2.45, 2.75) is 57.7 Å². The summed E-state index contributed by atoms with van der Waals surface area (Å²) in [6, 6.07) is 7.51. The number of phenols is 1. The third-order valence-corrected chi connectivity index (χ3v) is 10.3. The summed E-state index contributed by atoms with van der Waals surface area (Å²) in [7, 11) is 0. The van der Waals surface area contributed by atoms with E-state index >= 15 is 4.39 Å². The lowest BCUT2D eigenvalue weighted by molar-refractivity contribution is 0.0854. The Morgan fingerprint density at radius 2 is 1.98 bits per heavy atom. The van der Waals surface area contributed by atoms with Gasteiger partial charge in [-0.3, -0.25) is 14.7 Å². The molecule has 2 aromatic carbocycles. The van der Waals surface area contributed by atoms with Crippen LogP contribution in [0.1, 0.15) is 48.7 Å². The van der Waals surface area contributed by atoms with E-state index in [0.29, 0.717) is 60.0 Å². The molecule has 3 aliphatic rings. The SMILES string of the molecule is CCc1c(F)ccc2cc(O)cc(-c3ncc4c(N5CC(CC(=O)n6ccc(C)n6)C5)nc(OC[C@@]56CCCN5C[C@H](F)C6)nc4c3F)c12. The van der Waals surface area contributed by atoms with Crippen LogP contribution in [0.5, 0.6) is 11.8 Å². The first-order valence-electron chi connectivity index (χ1n) is 16.8. The number of nitrogens with zero attached hydrogens (tertiary/aromatic N) is 7. The molecule has 3 aromatic heterocycles. The van der Waals surface area contributed by atoms with Gasteiger partial charge in [0.25, 0.3) is 0 Å². The Morgan fingerprint density at radius 3 is 2.76 bits per heavy atom. The number of ether oxygens (including phenoxy) is 1. The number of aryl methyl sites for hydroxylation is 2. The van der Waals surface area contributed by atoms with Crippen LogP contribution in [0.15, 0.2) is 42.7 Å². The van der Waals surface area contributed by atoms with E-state index in [1.165, 1.54) is 29.1 Å². The third-order valence-electron chi connectivity index (χ3n) is 10.3. The number of hydrogen-bond acceptors (Lipinski definition) is 9. The molecule has 0 amide bonds. The number of pyridine rings is 1. The van der Waals surface area contributed by atoms with Gasteiger partial charge in [0.15, 0.2) is 5.82 Å². The summed E-state index contributed by atoms with van der Waals surface area (Å²) in [5.41, 5.74) is 0.780. The van der Waals surface area contributed by atoms with E-state index < -0.39 is 23.3 Å². The molecule has 254 valence electrons. The molecule has 8 rings (SSSR count). The number of aromatic nitrogens is 5. The molecule has 3 saturated heterocycles. The Bertz CT molecular complexity index is 2120. The van der Waals surface area contributed by atoms with E-state index in [9.17, 15) is 18.7 Å². The van der Waals surface area contributed by atoms with Gasteiger partial charge in [-0.15, -0.1) is 0 Å².